The van der Waals surface area contributed by atoms with Crippen LogP contribution in [0.2, 0.25) is 0 Å². The molecule has 0 aromatic carbocycles. The molecule has 0 bridgehead atoms. The van der Waals surface area contributed by atoms with E-state index in [2.05, 4.69) is 26.6 Å². The highest BCUT2D eigenvalue weighted by Gasteiger charge is 1.95. The van der Waals surface area contributed by atoms with E-state index in [4.69, 9.17) is 0 Å². The number of hydrogen-bond donors (Lipinski definition) is 2. The van der Waals surface area contributed by atoms with Crippen LogP contribution in [0.4, 0.5) is 0 Å². The number of H-pyrrole nitrogens is 1. The van der Waals surface area contributed by atoms with Gasteiger partial charge >= 0.3 is 0 Å². The van der Waals surface area contributed by atoms with Crippen molar-refractivity contribution in [1.29, 1.82) is 0 Å². The van der Waals surface area contributed by atoms with Crippen molar-refractivity contribution >= 4 is 17.1 Å². The standard InChI is InChI=1S/C10H12N4/c1-11-4-2-3-8-5-9-10(12-6-8)7-13-14-9/h2-3,5-7,11H,4H2,1H3,(H,13,14). The third-order valence-electron chi connectivity index (χ3n) is 1.94. The van der Waals surface area contributed by atoms with E-state index in [1.807, 2.05) is 25.4 Å². The summed E-state index contributed by atoms with van der Waals surface area (Å²) in [5, 5.41) is 9.85. The van der Waals surface area contributed by atoms with Gasteiger partial charge < -0.3 is 5.32 Å². The van der Waals surface area contributed by atoms with Gasteiger partial charge in [0.05, 0.1) is 11.7 Å². The van der Waals surface area contributed by atoms with E-state index in [0.29, 0.717) is 0 Å². The third kappa shape index (κ3) is 1.80. The lowest BCUT2D eigenvalue weighted by Gasteiger charge is -1.93. The summed E-state index contributed by atoms with van der Waals surface area (Å²) >= 11 is 0. The molecule has 4 heteroatoms. The maximum absolute atomic E-state index is 4.25. The van der Waals surface area contributed by atoms with E-state index in [-0.39, 0.29) is 0 Å². The molecule has 0 radical (unpaired) electrons. The number of likely N-dealkylation sites (N-methyl/N-ethyl adjacent to an activating group) is 1. The highest BCUT2D eigenvalue weighted by Crippen LogP contribution is 2.10. The first kappa shape index (κ1) is 8.90. The molecule has 72 valence electrons. The Morgan fingerprint density at radius 2 is 2.43 bits per heavy atom. The van der Waals surface area contributed by atoms with Crippen LogP contribution in [0, 0.1) is 0 Å². The molecular formula is C10H12N4. The van der Waals surface area contributed by atoms with E-state index in [9.17, 15) is 0 Å². The first-order chi connectivity index (χ1) is 6.90. The number of nitrogens with one attached hydrogen (secondary N) is 2. The minimum absolute atomic E-state index is 0.862. The summed E-state index contributed by atoms with van der Waals surface area (Å²) in [7, 11) is 1.92. The van der Waals surface area contributed by atoms with Gasteiger partial charge in [0.1, 0.15) is 5.52 Å². The molecule has 0 atom stereocenters. The Labute approximate surface area is 82.1 Å². The largest absolute Gasteiger partial charge is 0.316 e. The van der Waals surface area contributed by atoms with Gasteiger partial charge in [-0.05, 0) is 18.7 Å². The zero-order valence-corrected chi connectivity index (χ0v) is 7.99. The molecule has 2 aromatic heterocycles. The molecule has 0 aliphatic heterocycles. The molecule has 0 fully saturated rings. The summed E-state index contributed by atoms with van der Waals surface area (Å²) in [4.78, 5) is 4.25. The summed E-state index contributed by atoms with van der Waals surface area (Å²) in [5.41, 5.74) is 2.95. The van der Waals surface area contributed by atoms with Crippen LogP contribution in [-0.4, -0.2) is 28.8 Å². The van der Waals surface area contributed by atoms with E-state index in [1.54, 1.807) is 6.20 Å². The minimum atomic E-state index is 0.862. The van der Waals surface area contributed by atoms with E-state index in [0.717, 1.165) is 23.1 Å². The Morgan fingerprint density at radius 3 is 3.29 bits per heavy atom. The average molecular weight is 188 g/mol. The fourth-order valence-corrected chi connectivity index (χ4v) is 1.25. The normalized spacial score (nSPS) is 11.5. The monoisotopic (exact) mass is 188 g/mol. The molecule has 0 aliphatic carbocycles. The van der Waals surface area contributed by atoms with Crippen molar-refractivity contribution < 1.29 is 0 Å². The van der Waals surface area contributed by atoms with Gasteiger partial charge in [-0.15, -0.1) is 0 Å². The fourth-order valence-electron chi connectivity index (χ4n) is 1.25. The van der Waals surface area contributed by atoms with Gasteiger partial charge in [0, 0.05) is 12.7 Å². The molecule has 14 heavy (non-hydrogen) atoms. The number of hydrogen-bond acceptors (Lipinski definition) is 3. The predicted molar refractivity (Wildman–Crippen MR) is 56.8 cm³/mol. The van der Waals surface area contributed by atoms with Crippen molar-refractivity contribution in [1.82, 2.24) is 20.5 Å². The summed E-state index contributed by atoms with van der Waals surface area (Å²) in [6.07, 6.45) is 7.64. The first-order valence-electron chi connectivity index (χ1n) is 4.50. The van der Waals surface area contributed by atoms with Crippen molar-refractivity contribution in [2.45, 2.75) is 0 Å². The lowest BCUT2D eigenvalue weighted by Crippen LogP contribution is -2.03. The molecule has 2 aromatic rings. The topological polar surface area (TPSA) is 53.6 Å². The van der Waals surface area contributed by atoms with Crippen LogP contribution >= 0.6 is 0 Å². The number of nitrogens with zero attached hydrogens (tertiary/aromatic N) is 2. The Hall–Kier alpha value is -1.68. The van der Waals surface area contributed by atoms with Gasteiger partial charge in [-0.1, -0.05) is 12.2 Å². The second-order valence-corrected chi connectivity index (χ2v) is 3.03. The van der Waals surface area contributed by atoms with Crippen molar-refractivity contribution in [3.05, 3.63) is 30.1 Å². The predicted octanol–water partition coefficient (Wildman–Crippen LogP) is 1.19. The second-order valence-electron chi connectivity index (χ2n) is 3.03. The summed E-state index contributed by atoms with van der Waals surface area (Å²) in [6.45, 7) is 0.862. The van der Waals surface area contributed by atoms with Crippen molar-refractivity contribution in [2.24, 2.45) is 0 Å². The average Bonchev–Trinajstić information content (AvgIpc) is 2.65. The quantitative estimate of drug-likeness (QED) is 0.760. The van der Waals surface area contributed by atoms with Gasteiger partial charge in [0.15, 0.2) is 0 Å². The molecule has 2 heterocycles. The van der Waals surface area contributed by atoms with Crippen LogP contribution < -0.4 is 5.32 Å². The molecule has 0 aliphatic rings. The Kier molecular flexibility index (Phi) is 2.55. The van der Waals surface area contributed by atoms with Crippen molar-refractivity contribution in [3.63, 3.8) is 0 Å². The Balaban J connectivity index is 2.25. The van der Waals surface area contributed by atoms with Gasteiger partial charge in [-0.25, -0.2) is 0 Å². The zero-order valence-electron chi connectivity index (χ0n) is 7.99. The lowest BCUT2D eigenvalue weighted by atomic mass is 10.2. The minimum Gasteiger partial charge on any atom is -0.316 e. The first-order valence-corrected chi connectivity index (χ1v) is 4.50. The van der Waals surface area contributed by atoms with Gasteiger partial charge in [0.25, 0.3) is 0 Å². The second kappa shape index (κ2) is 4.02. The van der Waals surface area contributed by atoms with Crippen LogP contribution in [0.1, 0.15) is 5.56 Å². The Morgan fingerprint density at radius 1 is 1.50 bits per heavy atom. The molecule has 0 amide bonds. The Bertz CT molecular complexity index is 444. The molecule has 0 spiro atoms. The van der Waals surface area contributed by atoms with Crippen LogP contribution in [0.3, 0.4) is 0 Å². The molecule has 2 N–H and O–H groups in total. The smallest absolute Gasteiger partial charge is 0.108 e. The summed E-state index contributed by atoms with van der Waals surface area (Å²) in [6, 6.07) is 2.03. The van der Waals surface area contributed by atoms with Crippen LogP contribution in [0.15, 0.2) is 24.5 Å². The SMILES string of the molecule is CNCC=Cc1cnc2cn[nH]c2c1. The molecule has 2 rings (SSSR count). The molecule has 0 saturated heterocycles. The number of aromatic nitrogens is 3. The van der Waals surface area contributed by atoms with Crippen molar-refractivity contribution in [3.8, 4) is 0 Å². The maximum Gasteiger partial charge on any atom is 0.108 e. The van der Waals surface area contributed by atoms with E-state index >= 15 is 0 Å². The lowest BCUT2D eigenvalue weighted by molar-refractivity contribution is 0.922. The van der Waals surface area contributed by atoms with Gasteiger partial charge in [0.2, 0.25) is 0 Å². The molecule has 0 saturated carbocycles. The third-order valence-corrected chi connectivity index (χ3v) is 1.94. The number of fused-ring (bicyclic) bond motifs is 1. The number of rotatable bonds is 3. The van der Waals surface area contributed by atoms with Crippen molar-refractivity contribution in [2.75, 3.05) is 13.6 Å². The van der Waals surface area contributed by atoms with Crippen LogP contribution in [-0.2, 0) is 0 Å². The molecular weight excluding hydrogens is 176 g/mol. The summed E-state index contributed by atoms with van der Waals surface area (Å²) in [5.74, 6) is 0. The van der Waals surface area contributed by atoms with Gasteiger partial charge in [-0.2, -0.15) is 5.10 Å². The highest BCUT2D eigenvalue weighted by molar-refractivity contribution is 5.75. The fraction of sp³-hybridized carbons (Fsp3) is 0.200. The van der Waals surface area contributed by atoms with E-state index < -0.39 is 0 Å². The number of aromatic amines is 1. The highest BCUT2D eigenvalue weighted by atomic mass is 15.1. The van der Waals surface area contributed by atoms with Crippen LogP contribution in [0.5, 0.6) is 0 Å². The van der Waals surface area contributed by atoms with Crippen LogP contribution in [0.25, 0.3) is 17.1 Å². The maximum atomic E-state index is 4.25. The van der Waals surface area contributed by atoms with Gasteiger partial charge in [-0.3, -0.25) is 10.1 Å². The number of pyridine rings is 1. The van der Waals surface area contributed by atoms with E-state index in [1.165, 1.54) is 0 Å². The summed E-state index contributed by atoms with van der Waals surface area (Å²) < 4.78 is 0. The molecule has 0 unspecified atom stereocenters. The zero-order chi connectivity index (χ0) is 9.80. The molecule has 4 nitrogen and oxygen atoms in total.